The molecule has 2 N–H and O–H groups in total. The number of benzene rings is 1. The van der Waals surface area contributed by atoms with Crippen molar-refractivity contribution >= 4 is 38.9 Å². The minimum Gasteiger partial charge on any atom is -0.462 e. The maximum absolute atomic E-state index is 12.6. The van der Waals surface area contributed by atoms with Crippen LogP contribution in [0.2, 0.25) is 0 Å². The van der Waals surface area contributed by atoms with Gasteiger partial charge in [0, 0.05) is 17.1 Å². The molecule has 0 bridgehead atoms. The number of amides is 1. The van der Waals surface area contributed by atoms with Crippen LogP contribution in [0.4, 0.5) is 5.69 Å². The molecule has 0 spiro atoms. The molecule has 26 heavy (non-hydrogen) atoms. The number of aryl methyl sites for hydroxylation is 1. The quantitative estimate of drug-likeness (QED) is 0.701. The maximum atomic E-state index is 12.6. The molecule has 0 aliphatic heterocycles. The minimum absolute atomic E-state index is 0.0539. The summed E-state index contributed by atoms with van der Waals surface area (Å²) < 4.78 is 32.6. The van der Waals surface area contributed by atoms with E-state index in [1.54, 1.807) is 20.8 Å². The maximum Gasteiger partial charge on any atom is 0.338 e. The molecule has 1 heterocycles. The highest BCUT2D eigenvalue weighted by Gasteiger charge is 2.22. The number of rotatable bonds is 7. The van der Waals surface area contributed by atoms with E-state index in [2.05, 4.69) is 10.0 Å². The number of nitrogens with one attached hydrogen (secondary N) is 2. The summed E-state index contributed by atoms with van der Waals surface area (Å²) in [5, 5.41) is 2.64. The van der Waals surface area contributed by atoms with E-state index in [4.69, 9.17) is 4.74 Å². The number of sulfonamides is 1. The van der Waals surface area contributed by atoms with Crippen LogP contribution in [0.5, 0.6) is 0 Å². The van der Waals surface area contributed by atoms with E-state index in [1.807, 2.05) is 0 Å². The lowest BCUT2D eigenvalue weighted by Gasteiger charge is -2.08. The van der Waals surface area contributed by atoms with Crippen LogP contribution in [-0.4, -0.2) is 33.4 Å². The van der Waals surface area contributed by atoms with Crippen molar-refractivity contribution in [2.75, 3.05) is 17.9 Å². The van der Waals surface area contributed by atoms with Gasteiger partial charge in [-0.15, -0.1) is 11.3 Å². The number of esters is 1. The van der Waals surface area contributed by atoms with Crippen molar-refractivity contribution in [2.45, 2.75) is 25.7 Å². The molecule has 0 aliphatic carbocycles. The first kappa shape index (κ1) is 19.9. The molecule has 0 saturated heterocycles. The molecule has 0 atom stereocenters. The monoisotopic (exact) mass is 396 g/mol. The van der Waals surface area contributed by atoms with Gasteiger partial charge in [0.1, 0.15) is 4.90 Å². The Kier molecular flexibility index (Phi) is 6.38. The predicted octanol–water partition coefficient (Wildman–Crippen LogP) is 2.78. The fraction of sp³-hybridized carbons (Fsp3) is 0.294. The van der Waals surface area contributed by atoms with Crippen LogP contribution >= 0.6 is 11.3 Å². The highest BCUT2D eigenvalue weighted by atomic mass is 32.2. The molecule has 0 unspecified atom stereocenters. The second kappa shape index (κ2) is 8.33. The molecule has 0 aliphatic rings. The van der Waals surface area contributed by atoms with Gasteiger partial charge in [-0.1, -0.05) is 0 Å². The van der Waals surface area contributed by atoms with E-state index in [0.717, 1.165) is 11.3 Å². The normalized spacial score (nSPS) is 11.0. The first-order chi connectivity index (χ1) is 12.3. The fourth-order valence-corrected chi connectivity index (χ4v) is 4.76. The van der Waals surface area contributed by atoms with E-state index in [-0.39, 0.29) is 17.4 Å². The van der Waals surface area contributed by atoms with Gasteiger partial charge in [0.2, 0.25) is 0 Å². The third-order valence-electron chi connectivity index (χ3n) is 3.37. The molecule has 1 amide bonds. The molecule has 0 radical (unpaired) electrons. The van der Waals surface area contributed by atoms with Crippen LogP contribution in [-0.2, 0) is 14.8 Å². The Balaban J connectivity index is 2.21. The lowest BCUT2D eigenvalue weighted by atomic mass is 10.2. The first-order valence-corrected chi connectivity index (χ1v) is 10.3. The number of hydrogen-bond donors (Lipinski definition) is 2. The van der Waals surface area contributed by atoms with Crippen LogP contribution in [0.15, 0.2) is 35.2 Å². The van der Waals surface area contributed by atoms with Crippen molar-refractivity contribution in [3.8, 4) is 0 Å². The summed E-state index contributed by atoms with van der Waals surface area (Å²) in [7, 11) is -3.85. The van der Waals surface area contributed by atoms with Crippen molar-refractivity contribution in [1.29, 1.82) is 0 Å². The zero-order chi connectivity index (χ0) is 19.3. The smallest absolute Gasteiger partial charge is 0.338 e. The minimum atomic E-state index is -3.85. The van der Waals surface area contributed by atoms with Crippen LogP contribution in [0.3, 0.4) is 0 Å². The Morgan fingerprint density at radius 3 is 2.38 bits per heavy atom. The Labute approximate surface area is 156 Å². The van der Waals surface area contributed by atoms with Gasteiger partial charge < -0.3 is 10.1 Å². The molecule has 140 valence electrons. The van der Waals surface area contributed by atoms with Crippen molar-refractivity contribution in [3.63, 3.8) is 0 Å². The summed E-state index contributed by atoms with van der Waals surface area (Å²) in [6, 6.07) is 7.29. The highest BCUT2D eigenvalue weighted by molar-refractivity contribution is 7.93. The van der Waals surface area contributed by atoms with Crippen molar-refractivity contribution in [3.05, 3.63) is 45.6 Å². The Hall–Kier alpha value is -2.39. The summed E-state index contributed by atoms with van der Waals surface area (Å²) in [6.45, 7) is 5.86. The molecule has 1 aromatic heterocycles. The lowest BCUT2D eigenvalue weighted by Crippen LogP contribution is -2.21. The van der Waals surface area contributed by atoms with Gasteiger partial charge in [-0.3, -0.25) is 9.52 Å². The number of carbonyl (C=O) groups is 2. The highest BCUT2D eigenvalue weighted by Crippen LogP contribution is 2.27. The topological polar surface area (TPSA) is 102 Å². The average Bonchev–Trinajstić information content (AvgIpc) is 2.98. The van der Waals surface area contributed by atoms with Crippen molar-refractivity contribution in [2.24, 2.45) is 0 Å². The molecular formula is C17H20N2O5S2. The standard InChI is InChI=1S/C17H20N2O5S2/c1-4-18-16(20)14-10-15(11(3)25-14)26(22,23)19-13-8-6-12(7-9-13)17(21)24-5-2/h6-10,19H,4-5H2,1-3H3,(H,18,20). The fourth-order valence-electron chi connectivity index (χ4n) is 2.19. The first-order valence-electron chi connectivity index (χ1n) is 7.97. The average molecular weight is 396 g/mol. The van der Waals surface area contributed by atoms with E-state index in [1.165, 1.54) is 30.3 Å². The summed E-state index contributed by atoms with van der Waals surface area (Å²) in [5.74, 6) is -0.775. The zero-order valence-electron chi connectivity index (χ0n) is 14.7. The van der Waals surface area contributed by atoms with Gasteiger partial charge in [0.15, 0.2) is 0 Å². The molecule has 0 fully saturated rings. The van der Waals surface area contributed by atoms with Gasteiger partial charge in [-0.25, -0.2) is 13.2 Å². The van der Waals surface area contributed by atoms with Crippen LogP contribution < -0.4 is 10.0 Å². The van der Waals surface area contributed by atoms with E-state index >= 15 is 0 Å². The molecule has 1 aromatic carbocycles. The zero-order valence-corrected chi connectivity index (χ0v) is 16.3. The summed E-state index contributed by atoms with van der Waals surface area (Å²) >= 11 is 1.12. The predicted molar refractivity (Wildman–Crippen MR) is 100 cm³/mol. The molecule has 2 aromatic rings. The number of anilines is 1. The van der Waals surface area contributed by atoms with Crippen LogP contribution in [0.25, 0.3) is 0 Å². The van der Waals surface area contributed by atoms with E-state index in [0.29, 0.717) is 27.5 Å². The van der Waals surface area contributed by atoms with Gasteiger partial charge in [-0.2, -0.15) is 0 Å². The second-order valence-corrected chi connectivity index (χ2v) is 8.20. The molecule has 9 heteroatoms. The summed E-state index contributed by atoms with van der Waals surface area (Å²) in [4.78, 5) is 24.4. The SMILES string of the molecule is CCNC(=O)c1cc(S(=O)(=O)Nc2ccc(C(=O)OCC)cc2)c(C)s1. The Bertz CT molecular complexity index is 902. The van der Waals surface area contributed by atoms with Crippen LogP contribution in [0.1, 0.15) is 38.8 Å². The number of ether oxygens (including phenoxy) is 1. The number of hydrogen-bond acceptors (Lipinski definition) is 6. The Morgan fingerprint density at radius 2 is 1.81 bits per heavy atom. The second-order valence-electron chi connectivity index (χ2n) is 5.29. The molecule has 2 rings (SSSR count). The van der Waals surface area contributed by atoms with E-state index < -0.39 is 16.0 Å². The summed E-state index contributed by atoms with van der Waals surface area (Å²) in [6.07, 6.45) is 0. The van der Waals surface area contributed by atoms with Gasteiger partial charge >= 0.3 is 5.97 Å². The van der Waals surface area contributed by atoms with Crippen molar-refractivity contribution in [1.82, 2.24) is 5.32 Å². The largest absolute Gasteiger partial charge is 0.462 e. The molecule has 0 saturated carbocycles. The van der Waals surface area contributed by atoms with Crippen molar-refractivity contribution < 1.29 is 22.7 Å². The van der Waals surface area contributed by atoms with Gasteiger partial charge in [-0.05, 0) is 51.1 Å². The van der Waals surface area contributed by atoms with Gasteiger partial charge in [0.25, 0.3) is 15.9 Å². The van der Waals surface area contributed by atoms with E-state index in [9.17, 15) is 18.0 Å². The summed E-state index contributed by atoms with van der Waals surface area (Å²) in [5.41, 5.74) is 0.642. The Morgan fingerprint density at radius 1 is 1.15 bits per heavy atom. The number of carbonyl (C=O) groups excluding carboxylic acids is 2. The molecule has 7 nitrogen and oxygen atoms in total. The third kappa shape index (κ3) is 4.61. The lowest BCUT2D eigenvalue weighted by molar-refractivity contribution is 0.0526. The van der Waals surface area contributed by atoms with Gasteiger partial charge in [0.05, 0.1) is 17.0 Å². The number of thiophene rings is 1. The molecular weight excluding hydrogens is 376 g/mol. The van der Waals surface area contributed by atoms with Crippen LogP contribution in [0, 0.1) is 6.92 Å². The third-order valence-corrected chi connectivity index (χ3v) is 6.06.